The van der Waals surface area contributed by atoms with Crippen LogP contribution in [0.5, 0.6) is 5.75 Å². The molecule has 0 aliphatic rings. The molecule has 1 heterocycles. The number of ether oxygens (including phenoxy) is 1. The molecule has 2 aromatic rings. The topological polar surface area (TPSA) is 48.1 Å². The van der Waals surface area contributed by atoms with Gasteiger partial charge in [0.1, 0.15) is 6.61 Å². The number of aromatic nitrogens is 1. The first kappa shape index (κ1) is 13.5. The van der Waals surface area contributed by atoms with Crippen LogP contribution in [-0.4, -0.2) is 4.98 Å². The third kappa shape index (κ3) is 3.28. The third-order valence-corrected chi connectivity index (χ3v) is 3.27. The van der Waals surface area contributed by atoms with E-state index >= 15 is 0 Å². The number of nitrogens with zero attached hydrogens (tertiary/aromatic N) is 1. The summed E-state index contributed by atoms with van der Waals surface area (Å²) < 4.78 is 6.38. The van der Waals surface area contributed by atoms with Gasteiger partial charge in [0.25, 0.3) is 0 Å². The minimum Gasteiger partial charge on any atom is -0.485 e. The summed E-state index contributed by atoms with van der Waals surface area (Å²) in [6.07, 6.45) is 1.61. The van der Waals surface area contributed by atoms with E-state index in [0.29, 0.717) is 28.2 Å². The molecule has 2 N–H and O–H groups in total. The molecule has 1 aromatic carbocycles. The number of halogens is 3. The quantitative estimate of drug-likeness (QED) is 0.899. The SMILES string of the molecule is Nc1ncc(Br)cc1OCc1ccc(Cl)cc1Cl. The van der Waals surface area contributed by atoms with Crippen molar-refractivity contribution in [3.8, 4) is 5.75 Å². The van der Waals surface area contributed by atoms with Gasteiger partial charge in [-0.05, 0) is 34.1 Å². The molecule has 18 heavy (non-hydrogen) atoms. The summed E-state index contributed by atoms with van der Waals surface area (Å²) in [5.41, 5.74) is 6.54. The number of benzene rings is 1. The van der Waals surface area contributed by atoms with E-state index in [2.05, 4.69) is 20.9 Å². The number of rotatable bonds is 3. The molecule has 0 aliphatic heterocycles. The van der Waals surface area contributed by atoms with Gasteiger partial charge in [0, 0.05) is 26.3 Å². The molecule has 0 saturated heterocycles. The lowest BCUT2D eigenvalue weighted by Gasteiger charge is -2.09. The molecule has 1 aromatic heterocycles. The van der Waals surface area contributed by atoms with Crippen molar-refractivity contribution in [2.45, 2.75) is 6.61 Å². The van der Waals surface area contributed by atoms with Crippen LogP contribution in [0.25, 0.3) is 0 Å². The fourth-order valence-electron chi connectivity index (χ4n) is 1.34. The van der Waals surface area contributed by atoms with Gasteiger partial charge in [0.2, 0.25) is 0 Å². The second kappa shape index (κ2) is 5.78. The highest BCUT2D eigenvalue weighted by Crippen LogP contribution is 2.26. The van der Waals surface area contributed by atoms with Crippen LogP contribution in [0.2, 0.25) is 10.0 Å². The smallest absolute Gasteiger partial charge is 0.166 e. The summed E-state index contributed by atoms with van der Waals surface area (Å²) >= 11 is 15.2. The van der Waals surface area contributed by atoms with Gasteiger partial charge in [-0.25, -0.2) is 4.98 Å². The lowest BCUT2D eigenvalue weighted by Crippen LogP contribution is -2.01. The van der Waals surface area contributed by atoms with Gasteiger partial charge in [-0.1, -0.05) is 29.3 Å². The lowest BCUT2D eigenvalue weighted by molar-refractivity contribution is 0.307. The predicted molar refractivity (Wildman–Crippen MR) is 77.1 cm³/mol. The first-order valence-corrected chi connectivity index (χ1v) is 6.59. The Morgan fingerprint density at radius 2 is 2.06 bits per heavy atom. The molecular weight excluding hydrogens is 339 g/mol. The van der Waals surface area contributed by atoms with Crippen molar-refractivity contribution in [2.75, 3.05) is 5.73 Å². The molecule has 0 unspecified atom stereocenters. The second-order valence-electron chi connectivity index (χ2n) is 3.56. The first-order chi connectivity index (χ1) is 8.56. The van der Waals surface area contributed by atoms with Crippen molar-refractivity contribution in [3.05, 3.63) is 50.5 Å². The van der Waals surface area contributed by atoms with Crippen LogP contribution in [-0.2, 0) is 6.61 Å². The van der Waals surface area contributed by atoms with Crippen LogP contribution in [0.4, 0.5) is 5.82 Å². The number of pyridine rings is 1. The van der Waals surface area contributed by atoms with Crippen LogP contribution in [0.15, 0.2) is 34.9 Å². The van der Waals surface area contributed by atoms with Crippen LogP contribution >= 0.6 is 39.1 Å². The average molecular weight is 348 g/mol. The summed E-state index contributed by atoms with van der Waals surface area (Å²) in [7, 11) is 0. The number of nitrogen functional groups attached to an aromatic ring is 1. The zero-order valence-electron chi connectivity index (χ0n) is 9.16. The van der Waals surface area contributed by atoms with Gasteiger partial charge in [0.05, 0.1) is 0 Å². The zero-order valence-corrected chi connectivity index (χ0v) is 12.3. The molecule has 0 saturated carbocycles. The van der Waals surface area contributed by atoms with Crippen LogP contribution < -0.4 is 10.5 Å². The van der Waals surface area contributed by atoms with Crippen LogP contribution in [0.1, 0.15) is 5.56 Å². The van der Waals surface area contributed by atoms with Gasteiger partial charge < -0.3 is 10.5 Å². The maximum Gasteiger partial charge on any atom is 0.166 e. The Morgan fingerprint density at radius 3 is 2.78 bits per heavy atom. The standard InChI is InChI=1S/C12H9BrCl2N2O/c13-8-3-11(12(16)17-5-8)18-6-7-1-2-9(14)4-10(7)15/h1-5H,6H2,(H2,16,17). The Hall–Kier alpha value is -0.970. The minimum atomic E-state index is 0.304. The van der Waals surface area contributed by atoms with Crippen LogP contribution in [0.3, 0.4) is 0 Å². The third-order valence-electron chi connectivity index (χ3n) is 2.25. The molecule has 2 rings (SSSR count). The lowest BCUT2D eigenvalue weighted by atomic mass is 10.2. The van der Waals surface area contributed by atoms with Crippen molar-refractivity contribution in [2.24, 2.45) is 0 Å². The zero-order chi connectivity index (χ0) is 13.1. The summed E-state index contributed by atoms with van der Waals surface area (Å²) in [5.74, 6) is 0.846. The normalized spacial score (nSPS) is 10.4. The first-order valence-electron chi connectivity index (χ1n) is 5.04. The molecule has 0 aliphatic carbocycles. The Labute approximate surface area is 123 Å². The van der Waals surface area contributed by atoms with Gasteiger partial charge in [-0.15, -0.1) is 0 Å². The average Bonchev–Trinajstić information content (AvgIpc) is 2.32. The molecule has 3 nitrogen and oxygen atoms in total. The molecule has 6 heteroatoms. The van der Waals surface area contributed by atoms with E-state index in [-0.39, 0.29) is 0 Å². The van der Waals surface area contributed by atoms with E-state index in [1.807, 2.05) is 6.07 Å². The molecule has 0 bridgehead atoms. The monoisotopic (exact) mass is 346 g/mol. The van der Waals surface area contributed by atoms with Crippen molar-refractivity contribution >= 4 is 44.9 Å². The van der Waals surface area contributed by atoms with Gasteiger partial charge in [0.15, 0.2) is 11.6 Å². The van der Waals surface area contributed by atoms with Gasteiger partial charge >= 0.3 is 0 Å². The van der Waals surface area contributed by atoms with E-state index in [0.717, 1.165) is 10.0 Å². The van der Waals surface area contributed by atoms with Crippen molar-refractivity contribution in [1.82, 2.24) is 4.98 Å². The molecule has 0 radical (unpaired) electrons. The number of nitrogens with two attached hydrogens (primary N) is 1. The van der Waals surface area contributed by atoms with Crippen molar-refractivity contribution < 1.29 is 4.74 Å². The van der Waals surface area contributed by atoms with Gasteiger partial charge in [-0.3, -0.25) is 0 Å². The molecule has 0 spiro atoms. The summed E-state index contributed by atoms with van der Waals surface area (Å²) in [5, 5.41) is 1.15. The van der Waals surface area contributed by atoms with Crippen LogP contribution in [0, 0.1) is 0 Å². The highest BCUT2D eigenvalue weighted by atomic mass is 79.9. The maximum atomic E-state index is 6.05. The predicted octanol–water partition coefficient (Wildman–Crippen LogP) is 4.31. The molecular formula is C12H9BrCl2N2O. The highest BCUT2D eigenvalue weighted by molar-refractivity contribution is 9.10. The Balaban J connectivity index is 2.13. The fraction of sp³-hybridized carbons (Fsp3) is 0.0833. The summed E-state index contributed by atoms with van der Waals surface area (Å²) in [6, 6.07) is 7.00. The van der Waals surface area contributed by atoms with E-state index in [1.54, 1.807) is 24.4 Å². The molecule has 0 amide bonds. The summed E-state index contributed by atoms with van der Waals surface area (Å²) in [6.45, 7) is 0.304. The minimum absolute atomic E-state index is 0.304. The largest absolute Gasteiger partial charge is 0.485 e. The highest BCUT2D eigenvalue weighted by Gasteiger charge is 2.06. The van der Waals surface area contributed by atoms with E-state index in [1.165, 1.54) is 0 Å². The summed E-state index contributed by atoms with van der Waals surface area (Å²) in [4.78, 5) is 3.98. The maximum absolute atomic E-state index is 6.05. The second-order valence-corrected chi connectivity index (χ2v) is 5.32. The number of hydrogen-bond donors (Lipinski definition) is 1. The Morgan fingerprint density at radius 1 is 1.28 bits per heavy atom. The molecule has 94 valence electrons. The fourth-order valence-corrected chi connectivity index (χ4v) is 2.11. The van der Waals surface area contributed by atoms with E-state index in [9.17, 15) is 0 Å². The van der Waals surface area contributed by atoms with Crippen molar-refractivity contribution in [3.63, 3.8) is 0 Å². The number of hydrogen-bond acceptors (Lipinski definition) is 3. The Bertz CT molecular complexity index is 578. The number of anilines is 1. The molecule has 0 atom stereocenters. The van der Waals surface area contributed by atoms with Crippen molar-refractivity contribution in [1.29, 1.82) is 0 Å². The van der Waals surface area contributed by atoms with E-state index in [4.69, 9.17) is 33.7 Å². The Kier molecular flexibility index (Phi) is 4.32. The molecule has 0 fully saturated rings. The van der Waals surface area contributed by atoms with Gasteiger partial charge in [-0.2, -0.15) is 0 Å². The van der Waals surface area contributed by atoms with E-state index < -0.39 is 0 Å².